The number of aromatic hydroxyl groups is 1. The summed E-state index contributed by atoms with van der Waals surface area (Å²) in [6, 6.07) is 8.62. The van der Waals surface area contributed by atoms with E-state index in [2.05, 4.69) is 15.9 Å². The molecular formula is C29H26BBrCl2N2O9. The first kappa shape index (κ1) is 30.9. The molecule has 0 aromatic heterocycles. The second kappa shape index (κ2) is 10.8. The largest absolute Gasteiger partial charge is 0.507 e. The summed E-state index contributed by atoms with van der Waals surface area (Å²) < 4.78 is 10.9. The molecule has 6 rings (SSSR count). The Morgan fingerprint density at radius 3 is 2.39 bits per heavy atom. The number of benzene rings is 2. The fraction of sp³-hybridized carbons (Fsp3) is 0.379. The smallest absolute Gasteiger partial charge is 0.488 e. The molecule has 0 bridgehead atoms. The highest BCUT2D eigenvalue weighted by Crippen LogP contribution is 2.67. The predicted molar refractivity (Wildman–Crippen MR) is 163 cm³/mol. The van der Waals surface area contributed by atoms with Gasteiger partial charge in [-0.1, -0.05) is 39.7 Å². The van der Waals surface area contributed by atoms with E-state index in [4.69, 9.17) is 32.7 Å². The highest BCUT2D eigenvalue weighted by Gasteiger charge is 2.76. The van der Waals surface area contributed by atoms with Crippen LogP contribution in [0.2, 0.25) is 0 Å². The van der Waals surface area contributed by atoms with Gasteiger partial charge in [0.1, 0.15) is 17.2 Å². The first-order chi connectivity index (χ1) is 20.8. The molecular weight excluding hydrogens is 682 g/mol. The summed E-state index contributed by atoms with van der Waals surface area (Å²) in [4.78, 5) is 53.4. The van der Waals surface area contributed by atoms with Gasteiger partial charge in [-0.2, -0.15) is 0 Å². The highest BCUT2D eigenvalue weighted by molar-refractivity contribution is 9.09. The number of hydrogen-bond acceptors (Lipinski definition) is 9. The molecule has 0 unspecified atom stereocenters. The minimum absolute atomic E-state index is 0.0820. The number of carbonyl (C=O) groups excluding carboxylic acids is 4. The van der Waals surface area contributed by atoms with Crippen molar-refractivity contribution >= 4 is 81.0 Å². The standard InChI is InChI=1S/C29H26BBrCl2N2O9/c1-43-15-9-19(36)22(20(10-15)44-2)23-16-6-7-17-21(18(16)11-28(32)26(39)34(12-31)27(40)29(23,28)33)25(38)35(24(17)37)14-5-3-4-13(8-14)30(41)42/h3-6,8-10,17-18,21,23,36,41-42H,7,11-12H2,1-2H3/t17-,18+,21-,23+,28+,29-/m0/s1. The van der Waals surface area contributed by atoms with Crippen molar-refractivity contribution in [2.75, 3.05) is 24.6 Å². The number of alkyl halides is 3. The number of fused-ring (bicyclic) bond motifs is 4. The number of phenols is 1. The molecule has 4 amide bonds. The monoisotopic (exact) mass is 706 g/mol. The van der Waals surface area contributed by atoms with Crippen molar-refractivity contribution in [2.24, 2.45) is 17.8 Å². The van der Waals surface area contributed by atoms with E-state index in [9.17, 15) is 34.3 Å². The minimum Gasteiger partial charge on any atom is -0.507 e. The van der Waals surface area contributed by atoms with Gasteiger partial charge in [-0.3, -0.25) is 29.0 Å². The van der Waals surface area contributed by atoms with Crippen molar-refractivity contribution in [2.45, 2.75) is 28.5 Å². The topological polar surface area (TPSA) is 154 Å². The molecule has 2 saturated heterocycles. The first-order valence-corrected chi connectivity index (χ1v) is 15.5. The molecule has 15 heteroatoms. The van der Waals surface area contributed by atoms with Crippen LogP contribution in [-0.2, 0) is 19.2 Å². The minimum atomic E-state index is -2.13. The lowest BCUT2D eigenvalue weighted by Crippen LogP contribution is -2.60. The number of allylic oxidation sites excluding steroid dienone is 2. The van der Waals surface area contributed by atoms with E-state index in [1.807, 2.05) is 0 Å². The molecule has 2 heterocycles. The Balaban J connectivity index is 1.54. The number of halogens is 3. The Morgan fingerprint density at radius 1 is 1.02 bits per heavy atom. The van der Waals surface area contributed by atoms with Crippen molar-refractivity contribution in [1.82, 2.24) is 4.90 Å². The zero-order valence-electron chi connectivity index (χ0n) is 23.4. The fourth-order valence-electron chi connectivity index (χ4n) is 7.31. The van der Waals surface area contributed by atoms with Crippen LogP contribution in [0.5, 0.6) is 17.2 Å². The number of imide groups is 2. The van der Waals surface area contributed by atoms with E-state index in [0.717, 1.165) is 9.80 Å². The molecule has 2 aliphatic carbocycles. The third-order valence-corrected chi connectivity index (χ3v) is 11.2. The van der Waals surface area contributed by atoms with E-state index in [0.29, 0.717) is 5.57 Å². The molecule has 4 aliphatic rings. The third-order valence-electron chi connectivity index (χ3n) is 9.28. The van der Waals surface area contributed by atoms with Gasteiger partial charge in [0.25, 0.3) is 11.8 Å². The molecule has 6 atom stereocenters. The van der Waals surface area contributed by atoms with Gasteiger partial charge >= 0.3 is 7.12 Å². The molecule has 1 saturated carbocycles. The van der Waals surface area contributed by atoms with Gasteiger partial charge in [-0.15, -0.1) is 23.2 Å². The second-order valence-corrected chi connectivity index (χ2v) is 13.0. The molecule has 3 N–H and O–H groups in total. The van der Waals surface area contributed by atoms with Crippen LogP contribution in [0, 0.1) is 17.8 Å². The normalized spacial score (nSPS) is 31.0. The Labute approximate surface area is 270 Å². The number of phenolic OH excluding ortho intramolecular Hbond substituents is 1. The molecule has 3 fully saturated rings. The number of likely N-dealkylation sites (tertiary alicyclic amines) is 1. The number of rotatable bonds is 6. The molecule has 11 nitrogen and oxygen atoms in total. The molecule has 0 spiro atoms. The lowest BCUT2D eigenvalue weighted by atomic mass is 9.56. The average Bonchev–Trinajstić information content (AvgIpc) is 3.34. The number of methoxy groups -OCH3 is 2. The van der Waals surface area contributed by atoms with Gasteiger partial charge in [0, 0.05) is 23.6 Å². The van der Waals surface area contributed by atoms with Gasteiger partial charge in [-0.05, 0) is 36.4 Å². The highest BCUT2D eigenvalue weighted by atomic mass is 79.9. The molecule has 230 valence electrons. The SMILES string of the molecule is COc1cc(O)c([C@H]2C3=CC[C@@H]4C(=O)N(c5cccc(B(O)O)c5)C(=O)[C@@H]4[C@@H]3C[C@@]3(Cl)C(=O)N(CBr)C(=O)[C@@]23Cl)c(OC)c1. The van der Waals surface area contributed by atoms with Gasteiger partial charge in [0.05, 0.1) is 37.2 Å². The Kier molecular flexibility index (Phi) is 7.56. The number of nitrogens with zero attached hydrogens (tertiary/aromatic N) is 2. The number of anilines is 1. The molecule has 0 radical (unpaired) electrons. The van der Waals surface area contributed by atoms with Crippen molar-refractivity contribution in [3.05, 3.63) is 53.6 Å². The molecule has 44 heavy (non-hydrogen) atoms. The van der Waals surface area contributed by atoms with Crippen LogP contribution in [0.15, 0.2) is 48.0 Å². The summed E-state index contributed by atoms with van der Waals surface area (Å²) in [5.74, 6) is -6.48. The Morgan fingerprint density at radius 2 is 1.75 bits per heavy atom. The summed E-state index contributed by atoms with van der Waals surface area (Å²) >= 11 is 17.7. The quantitative estimate of drug-likeness (QED) is 0.135. The molecule has 2 aromatic rings. The zero-order chi connectivity index (χ0) is 31.9. The van der Waals surface area contributed by atoms with Gasteiger partial charge < -0.3 is 24.6 Å². The van der Waals surface area contributed by atoms with E-state index in [1.165, 1.54) is 50.6 Å². The van der Waals surface area contributed by atoms with E-state index in [1.54, 1.807) is 6.08 Å². The Bertz CT molecular complexity index is 1660. The Hall–Kier alpha value is -3.10. The average molecular weight is 708 g/mol. The maximum atomic E-state index is 14.2. The maximum absolute atomic E-state index is 14.2. The van der Waals surface area contributed by atoms with Crippen LogP contribution >= 0.6 is 39.1 Å². The summed E-state index contributed by atoms with van der Waals surface area (Å²) in [6.07, 6.45) is 1.59. The van der Waals surface area contributed by atoms with E-state index < -0.39 is 64.2 Å². The summed E-state index contributed by atoms with van der Waals surface area (Å²) in [6.45, 7) is 0. The lowest BCUT2D eigenvalue weighted by Gasteiger charge is -2.51. The third kappa shape index (κ3) is 4.02. The van der Waals surface area contributed by atoms with Gasteiger partial charge in [-0.25, -0.2) is 0 Å². The van der Waals surface area contributed by atoms with Gasteiger partial charge in [0.15, 0.2) is 9.75 Å². The van der Waals surface area contributed by atoms with E-state index >= 15 is 0 Å². The number of ether oxygens (including phenoxy) is 2. The van der Waals surface area contributed by atoms with Crippen LogP contribution in [0.3, 0.4) is 0 Å². The van der Waals surface area contributed by atoms with Gasteiger partial charge in [0.2, 0.25) is 11.8 Å². The van der Waals surface area contributed by atoms with E-state index in [-0.39, 0.29) is 52.3 Å². The molecule has 2 aromatic carbocycles. The summed E-state index contributed by atoms with van der Waals surface area (Å²) in [7, 11) is 0.944. The van der Waals surface area contributed by atoms with Crippen LogP contribution in [0.4, 0.5) is 5.69 Å². The van der Waals surface area contributed by atoms with Crippen molar-refractivity contribution < 1.29 is 43.8 Å². The zero-order valence-corrected chi connectivity index (χ0v) is 26.5. The van der Waals surface area contributed by atoms with Crippen LogP contribution in [0.25, 0.3) is 0 Å². The maximum Gasteiger partial charge on any atom is 0.488 e. The van der Waals surface area contributed by atoms with Crippen LogP contribution in [-0.4, -0.2) is 80.2 Å². The fourth-order valence-corrected chi connectivity index (χ4v) is 8.72. The first-order valence-electron chi connectivity index (χ1n) is 13.6. The second-order valence-electron chi connectivity index (χ2n) is 11.2. The van der Waals surface area contributed by atoms with Crippen molar-refractivity contribution in [1.29, 1.82) is 0 Å². The predicted octanol–water partition coefficient (Wildman–Crippen LogP) is 2.00. The summed E-state index contributed by atoms with van der Waals surface area (Å²) in [5.41, 5.74) is 0.608. The van der Waals surface area contributed by atoms with Crippen LogP contribution in [0.1, 0.15) is 24.3 Å². The van der Waals surface area contributed by atoms with Crippen molar-refractivity contribution in [3.8, 4) is 17.2 Å². The van der Waals surface area contributed by atoms with Crippen molar-refractivity contribution in [3.63, 3.8) is 0 Å². The molecule has 2 aliphatic heterocycles. The number of amides is 4. The van der Waals surface area contributed by atoms with Crippen LogP contribution < -0.4 is 19.8 Å². The number of carbonyl (C=O) groups is 4. The number of hydrogen-bond donors (Lipinski definition) is 3. The lowest BCUT2D eigenvalue weighted by molar-refractivity contribution is -0.138. The summed E-state index contributed by atoms with van der Waals surface area (Å²) in [5, 5.41) is 30.7.